The molecule has 0 atom stereocenters. The highest BCUT2D eigenvalue weighted by Gasteiger charge is 2.12. The highest BCUT2D eigenvalue weighted by molar-refractivity contribution is 5.85. The summed E-state index contributed by atoms with van der Waals surface area (Å²) >= 11 is 0. The molecule has 3 aromatic rings. The van der Waals surface area contributed by atoms with Crippen LogP contribution in [0.1, 0.15) is 12.0 Å². The Kier molecular flexibility index (Phi) is 4.04. The minimum absolute atomic E-state index is 0.0612. The van der Waals surface area contributed by atoms with Crippen LogP contribution in [0.15, 0.2) is 51.7 Å². The number of aryl methyl sites for hydroxylation is 1. The maximum absolute atomic E-state index is 12.2. The summed E-state index contributed by atoms with van der Waals surface area (Å²) in [5.74, 6) is -0.0669. The summed E-state index contributed by atoms with van der Waals surface area (Å²) in [6.45, 7) is 0.647. The van der Waals surface area contributed by atoms with Gasteiger partial charge in [-0.3, -0.25) is 4.79 Å². The first-order chi connectivity index (χ1) is 11.1. The van der Waals surface area contributed by atoms with E-state index in [1.807, 2.05) is 24.3 Å². The van der Waals surface area contributed by atoms with Crippen molar-refractivity contribution in [2.75, 3.05) is 6.54 Å². The maximum Gasteiger partial charge on any atom is 0.197 e. The van der Waals surface area contributed by atoms with Crippen LogP contribution in [-0.4, -0.2) is 16.8 Å². The van der Waals surface area contributed by atoms with Gasteiger partial charge in [-0.05, 0) is 24.9 Å². The molecule has 0 unspecified atom stereocenters. The minimum Gasteiger partial charge on any atom is -0.508 e. The Labute approximate surface area is 132 Å². The fourth-order valence-corrected chi connectivity index (χ4v) is 2.54. The predicted octanol–water partition coefficient (Wildman–Crippen LogP) is 2.76. The van der Waals surface area contributed by atoms with Crippen molar-refractivity contribution in [2.45, 2.75) is 12.8 Å². The first-order valence-electron chi connectivity index (χ1n) is 7.37. The van der Waals surface area contributed by atoms with Crippen LogP contribution in [0.2, 0.25) is 0 Å². The van der Waals surface area contributed by atoms with Gasteiger partial charge in [0.15, 0.2) is 5.43 Å². The Hall–Kier alpha value is -2.79. The van der Waals surface area contributed by atoms with Crippen LogP contribution in [0.25, 0.3) is 22.3 Å². The van der Waals surface area contributed by atoms with Gasteiger partial charge >= 0.3 is 0 Å². The topological polar surface area (TPSA) is 96.7 Å². The van der Waals surface area contributed by atoms with Crippen molar-refractivity contribution in [1.29, 1.82) is 0 Å². The lowest BCUT2D eigenvalue weighted by molar-refractivity contribution is 0.452. The number of nitrogens with two attached hydrogens (primary N) is 1. The third kappa shape index (κ3) is 3.05. The van der Waals surface area contributed by atoms with E-state index in [9.17, 15) is 15.0 Å². The molecule has 0 radical (unpaired) electrons. The van der Waals surface area contributed by atoms with Crippen molar-refractivity contribution in [1.82, 2.24) is 0 Å². The average molecular weight is 311 g/mol. The van der Waals surface area contributed by atoms with Gasteiger partial charge in [0.25, 0.3) is 0 Å². The van der Waals surface area contributed by atoms with E-state index in [1.54, 1.807) is 0 Å². The van der Waals surface area contributed by atoms with Crippen LogP contribution in [-0.2, 0) is 6.42 Å². The van der Waals surface area contributed by atoms with Gasteiger partial charge in [-0.25, -0.2) is 0 Å². The molecule has 0 spiro atoms. The summed E-state index contributed by atoms with van der Waals surface area (Å²) in [6, 6.07) is 11.5. The highest BCUT2D eigenvalue weighted by Crippen LogP contribution is 2.30. The second-order valence-electron chi connectivity index (χ2n) is 5.40. The number of benzene rings is 2. The molecule has 0 aliphatic rings. The van der Waals surface area contributed by atoms with Gasteiger partial charge in [0.1, 0.15) is 28.2 Å². The molecule has 3 rings (SSSR count). The summed E-state index contributed by atoms with van der Waals surface area (Å²) in [5.41, 5.74) is 7.21. The predicted molar refractivity (Wildman–Crippen MR) is 88.6 cm³/mol. The maximum atomic E-state index is 12.2. The van der Waals surface area contributed by atoms with Crippen molar-refractivity contribution in [3.05, 3.63) is 58.3 Å². The number of hydrogen-bond acceptors (Lipinski definition) is 5. The third-order valence-corrected chi connectivity index (χ3v) is 3.70. The molecule has 0 saturated heterocycles. The third-order valence-electron chi connectivity index (χ3n) is 3.70. The van der Waals surface area contributed by atoms with E-state index < -0.39 is 0 Å². The first kappa shape index (κ1) is 15.1. The van der Waals surface area contributed by atoms with E-state index in [1.165, 1.54) is 12.1 Å². The van der Waals surface area contributed by atoms with Gasteiger partial charge < -0.3 is 20.4 Å². The lowest BCUT2D eigenvalue weighted by Crippen LogP contribution is -2.01. The number of phenolic OH excluding ortho intramolecular Hbond substituents is 2. The lowest BCUT2D eigenvalue weighted by atomic mass is 10.1. The van der Waals surface area contributed by atoms with Crippen molar-refractivity contribution in [3.8, 4) is 22.8 Å². The van der Waals surface area contributed by atoms with Gasteiger partial charge in [-0.1, -0.05) is 24.3 Å². The smallest absolute Gasteiger partial charge is 0.197 e. The fraction of sp³-hybridized carbons (Fsp3) is 0.167. The van der Waals surface area contributed by atoms with E-state index in [-0.39, 0.29) is 27.9 Å². The molecule has 5 nitrogen and oxygen atoms in total. The Morgan fingerprint density at radius 2 is 1.78 bits per heavy atom. The summed E-state index contributed by atoms with van der Waals surface area (Å²) in [7, 11) is 0. The molecule has 4 N–H and O–H groups in total. The van der Waals surface area contributed by atoms with Gasteiger partial charge in [-0.2, -0.15) is 0 Å². The summed E-state index contributed by atoms with van der Waals surface area (Å²) in [6.07, 6.45) is 1.82. The van der Waals surface area contributed by atoms with Crippen LogP contribution < -0.4 is 11.2 Å². The molecule has 0 aliphatic heterocycles. The molecule has 0 amide bonds. The Morgan fingerprint density at radius 1 is 1.04 bits per heavy atom. The molecule has 1 aromatic heterocycles. The zero-order chi connectivity index (χ0) is 16.4. The largest absolute Gasteiger partial charge is 0.508 e. The Morgan fingerprint density at radius 3 is 2.48 bits per heavy atom. The number of phenols is 2. The molecule has 5 heteroatoms. The number of aromatic hydroxyl groups is 2. The highest BCUT2D eigenvalue weighted by atomic mass is 16.3. The molecule has 0 bridgehead atoms. The van der Waals surface area contributed by atoms with Gasteiger partial charge in [0.2, 0.25) is 0 Å². The van der Waals surface area contributed by atoms with Crippen molar-refractivity contribution < 1.29 is 14.6 Å². The van der Waals surface area contributed by atoms with E-state index in [2.05, 4.69) is 0 Å². The van der Waals surface area contributed by atoms with E-state index in [4.69, 9.17) is 10.2 Å². The number of fused-ring (bicyclic) bond motifs is 1. The molecule has 2 aromatic carbocycles. The zero-order valence-corrected chi connectivity index (χ0v) is 12.5. The van der Waals surface area contributed by atoms with Crippen molar-refractivity contribution >= 4 is 11.0 Å². The quantitative estimate of drug-likeness (QED) is 0.688. The Balaban J connectivity index is 2.05. The molecule has 0 fully saturated rings. The van der Waals surface area contributed by atoms with Crippen molar-refractivity contribution in [3.63, 3.8) is 0 Å². The van der Waals surface area contributed by atoms with Gasteiger partial charge in [-0.15, -0.1) is 0 Å². The molecular formula is C18H17NO4. The molecule has 0 saturated carbocycles. The second kappa shape index (κ2) is 6.14. The van der Waals surface area contributed by atoms with E-state index in [0.29, 0.717) is 12.3 Å². The Bertz CT molecular complexity index is 897. The summed E-state index contributed by atoms with van der Waals surface area (Å²) in [4.78, 5) is 12.2. The van der Waals surface area contributed by atoms with Crippen molar-refractivity contribution in [2.24, 2.45) is 5.73 Å². The van der Waals surface area contributed by atoms with Gasteiger partial charge in [0, 0.05) is 23.8 Å². The van der Waals surface area contributed by atoms with E-state index in [0.717, 1.165) is 30.0 Å². The van der Waals surface area contributed by atoms with Crippen LogP contribution in [0.3, 0.4) is 0 Å². The summed E-state index contributed by atoms with van der Waals surface area (Å²) < 4.78 is 5.67. The second-order valence-corrected chi connectivity index (χ2v) is 5.40. The number of hydrogen-bond donors (Lipinski definition) is 3. The molecule has 23 heavy (non-hydrogen) atoms. The van der Waals surface area contributed by atoms with Crippen LogP contribution in [0.5, 0.6) is 11.5 Å². The number of rotatable bonds is 4. The summed E-state index contributed by atoms with van der Waals surface area (Å²) in [5, 5.41) is 19.4. The zero-order valence-electron chi connectivity index (χ0n) is 12.5. The minimum atomic E-state index is -0.356. The van der Waals surface area contributed by atoms with Crippen LogP contribution >= 0.6 is 0 Å². The average Bonchev–Trinajstić information content (AvgIpc) is 2.52. The first-order valence-corrected chi connectivity index (χ1v) is 7.37. The molecular weight excluding hydrogens is 294 g/mol. The van der Waals surface area contributed by atoms with Crippen LogP contribution in [0, 0.1) is 0 Å². The van der Waals surface area contributed by atoms with Gasteiger partial charge in [0.05, 0.1) is 0 Å². The monoisotopic (exact) mass is 311 g/mol. The normalized spacial score (nSPS) is 11.0. The molecule has 1 heterocycles. The SMILES string of the molecule is NCCCc1ccc(-c2cc(=O)c3c(O)cc(O)cc3o2)cc1. The molecule has 118 valence electrons. The lowest BCUT2D eigenvalue weighted by Gasteiger charge is -2.06. The van der Waals surface area contributed by atoms with E-state index >= 15 is 0 Å². The fourth-order valence-electron chi connectivity index (χ4n) is 2.54. The van der Waals surface area contributed by atoms with Crippen LogP contribution in [0.4, 0.5) is 0 Å². The standard InChI is InChI=1S/C18H17NO4/c19-7-1-2-11-3-5-12(6-4-11)16-10-15(22)18-14(21)8-13(20)9-17(18)23-16/h3-6,8-10,20-21H,1-2,7,19H2. The molecule has 0 aliphatic carbocycles.